The molecule has 0 radical (unpaired) electrons. The average Bonchev–Trinajstić information content (AvgIpc) is 2.43. The topological polar surface area (TPSA) is 83.1 Å². The van der Waals surface area contributed by atoms with Gasteiger partial charge in [-0.3, -0.25) is 9.59 Å². The number of amides is 2. The zero-order valence-corrected chi connectivity index (χ0v) is 13.1. The first kappa shape index (κ1) is 16.9. The molecule has 2 amide bonds. The van der Waals surface area contributed by atoms with Gasteiger partial charge in [-0.2, -0.15) is 0 Å². The van der Waals surface area contributed by atoms with Gasteiger partial charge in [0.05, 0.1) is 5.56 Å². The van der Waals surface area contributed by atoms with Crippen LogP contribution in [0.15, 0.2) is 18.3 Å². The van der Waals surface area contributed by atoms with Crippen LogP contribution in [0.25, 0.3) is 0 Å². The highest BCUT2D eigenvalue weighted by atomic mass is 16.2. The van der Waals surface area contributed by atoms with Crippen LogP contribution in [0.4, 0.5) is 5.82 Å². The Balaban J connectivity index is 2.37. The fourth-order valence-corrected chi connectivity index (χ4v) is 1.53. The summed E-state index contributed by atoms with van der Waals surface area (Å²) in [5.74, 6) is 0.561. The lowest BCUT2D eigenvalue weighted by Gasteiger charge is -2.17. The number of nitrogens with one attached hydrogen (secondary N) is 3. The van der Waals surface area contributed by atoms with Crippen molar-refractivity contribution in [2.45, 2.75) is 27.7 Å². The van der Waals surface area contributed by atoms with E-state index in [4.69, 9.17) is 0 Å². The Morgan fingerprint density at radius 2 is 1.86 bits per heavy atom. The number of rotatable bonds is 6. The quantitative estimate of drug-likeness (QED) is 0.692. The molecule has 0 atom stereocenters. The van der Waals surface area contributed by atoms with E-state index in [2.05, 4.69) is 20.9 Å². The van der Waals surface area contributed by atoms with E-state index in [9.17, 15) is 9.59 Å². The van der Waals surface area contributed by atoms with Crippen molar-refractivity contribution in [2.75, 3.05) is 25.0 Å². The Labute approximate surface area is 125 Å². The summed E-state index contributed by atoms with van der Waals surface area (Å²) in [4.78, 5) is 27.4. The first-order valence-corrected chi connectivity index (χ1v) is 7.11. The molecular weight excluding hydrogens is 268 g/mol. The molecule has 0 aliphatic rings. The van der Waals surface area contributed by atoms with Crippen LogP contribution in [0, 0.1) is 5.41 Å². The average molecular weight is 292 g/mol. The Bertz CT molecular complexity index is 477. The zero-order chi connectivity index (χ0) is 15.9. The van der Waals surface area contributed by atoms with Crippen molar-refractivity contribution in [1.29, 1.82) is 0 Å². The van der Waals surface area contributed by atoms with Gasteiger partial charge in [0.2, 0.25) is 5.91 Å². The molecule has 116 valence electrons. The lowest BCUT2D eigenvalue weighted by atomic mass is 9.96. The summed E-state index contributed by atoms with van der Waals surface area (Å²) in [5.41, 5.74) is 0.149. The Hall–Kier alpha value is -2.11. The van der Waals surface area contributed by atoms with E-state index in [1.54, 1.807) is 12.1 Å². The number of hydrogen-bond acceptors (Lipinski definition) is 4. The highest BCUT2D eigenvalue weighted by Gasteiger charge is 2.20. The maximum Gasteiger partial charge on any atom is 0.252 e. The minimum atomic E-state index is -0.382. The predicted molar refractivity (Wildman–Crippen MR) is 83.2 cm³/mol. The molecule has 0 aliphatic heterocycles. The number of carbonyl (C=O) groups excluding carboxylic acids is 2. The Kier molecular flexibility index (Phi) is 6.14. The zero-order valence-electron chi connectivity index (χ0n) is 13.1. The fraction of sp³-hybridized carbons (Fsp3) is 0.533. The summed E-state index contributed by atoms with van der Waals surface area (Å²) in [5, 5.41) is 8.65. The molecule has 0 aromatic carbocycles. The number of hydrogen-bond donors (Lipinski definition) is 3. The standard InChI is InChI=1S/C15H24N4O2/c1-5-16-13(20)11-6-7-12(19-10-11)17-8-9-18-14(21)15(2,3)4/h6-7,10H,5,8-9H2,1-4H3,(H,16,20)(H,17,19)(H,18,21). The van der Waals surface area contributed by atoms with E-state index in [0.29, 0.717) is 31.0 Å². The first-order valence-electron chi connectivity index (χ1n) is 7.11. The second-order valence-corrected chi connectivity index (χ2v) is 5.72. The highest BCUT2D eigenvalue weighted by Crippen LogP contribution is 2.12. The number of carbonyl (C=O) groups is 2. The van der Waals surface area contributed by atoms with E-state index < -0.39 is 0 Å². The van der Waals surface area contributed by atoms with Crippen LogP contribution >= 0.6 is 0 Å². The van der Waals surface area contributed by atoms with Crippen molar-refractivity contribution in [2.24, 2.45) is 5.41 Å². The monoisotopic (exact) mass is 292 g/mol. The third-order valence-corrected chi connectivity index (χ3v) is 2.76. The summed E-state index contributed by atoms with van der Waals surface area (Å²) < 4.78 is 0. The lowest BCUT2D eigenvalue weighted by Crippen LogP contribution is -2.37. The largest absolute Gasteiger partial charge is 0.368 e. The summed E-state index contributed by atoms with van der Waals surface area (Å²) >= 11 is 0. The van der Waals surface area contributed by atoms with E-state index in [1.165, 1.54) is 6.20 Å². The second-order valence-electron chi connectivity index (χ2n) is 5.72. The smallest absolute Gasteiger partial charge is 0.252 e. The number of pyridine rings is 1. The summed E-state index contributed by atoms with van der Waals surface area (Å²) in [7, 11) is 0. The van der Waals surface area contributed by atoms with E-state index in [0.717, 1.165) is 0 Å². The van der Waals surface area contributed by atoms with E-state index in [-0.39, 0.29) is 17.2 Å². The molecule has 6 heteroatoms. The number of anilines is 1. The van der Waals surface area contributed by atoms with Gasteiger partial charge in [0.1, 0.15) is 5.82 Å². The molecule has 0 spiro atoms. The maximum absolute atomic E-state index is 11.7. The van der Waals surface area contributed by atoms with Crippen LogP contribution in [-0.2, 0) is 4.79 Å². The van der Waals surface area contributed by atoms with Crippen molar-refractivity contribution in [1.82, 2.24) is 15.6 Å². The maximum atomic E-state index is 11.7. The number of nitrogens with zero attached hydrogens (tertiary/aromatic N) is 1. The molecule has 0 saturated carbocycles. The van der Waals surface area contributed by atoms with Gasteiger partial charge in [0.25, 0.3) is 5.91 Å². The minimum absolute atomic E-state index is 0.0174. The third-order valence-electron chi connectivity index (χ3n) is 2.76. The van der Waals surface area contributed by atoms with Crippen molar-refractivity contribution in [3.63, 3.8) is 0 Å². The van der Waals surface area contributed by atoms with Gasteiger partial charge in [0.15, 0.2) is 0 Å². The van der Waals surface area contributed by atoms with Gasteiger partial charge in [-0.05, 0) is 19.1 Å². The highest BCUT2D eigenvalue weighted by molar-refractivity contribution is 5.93. The van der Waals surface area contributed by atoms with Crippen molar-refractivity contribution >= 4 is 17.6 Å². The number of aromatic nitrogens is 1. The van der Waals surface area contributed by atoms with Gasteiger partial charge in [-0.15, -0.1) is 0 Å². The molecule has 0 unspecified atom stereocenters. The molecule has 1 heterocycles. The van der Waals surface area contributed by atoms with Gasteiger partial charge in [-0.25, -0.2) is 4.98 Å². The third kappa shape index (κ3) is 5.81. The first-order chi connectivity index (χ1) is 9.84. The van der Waals surface area contributed by atoms with E-state index in [1.807, 2.05) is 27.7 Å². The molecule has 1 rings (SSSR count). The Morgan fingerprint density at radius 1 is 1.14 bits per heavy atom. The van der Waals surface area contributed by atoms with Crippen molar-refractivity contribution in [3.8, 4) is 0 Å². The van der Waals surface area contributed by atoms with Gasteiger partial charge >= 0.3 is 0 Å². The summed E-state index contributed by atoms with van der Waals surface area (Å²) in [6, 6.07) is 3.46. The molecule has 1 aromatic heterocycles. The molecule has 6 nitrogen and oxygen atoms in total. The van der Waals surface area contributed by atoms with Crippen LogP contribution in [-0.4, -0.2) is 36.4 Å². The van der Waals surface area contributed by atoms with Gasteiger partial charge in [-0.1, -0.05) is 20.8 Å². The SMILES string of the molecule is CCNC(=O)c1ccc(NCCNC(=O)C(C)(C)C)nc1. The van der Waals surface area contributed by atoms with Crippen molar-refractivity contribution < 1.29 is 9.59 Å². The van der Waals surface area contributed by atoms with Gasteiger partial charge in [0, 0.05) is 31.2 Å². The van der Waals surface area contributed by atoms with Crippen LogP contribution in [0.1, 0.15) is 38.1 Å². The molecular formula is C15H24N4O2. The molecule has 0 saturated heterocycles. The molecule has 21 heavy (non-hydrogen) atoms. The lowest BCUT2D eigenvalue weighted by molar-refractivity contribution is -0.128. The summed E-state index contributed by atoms with van der Waals surface area (Å²) in [6.07, 6.45) is 1.53. The van der Waals surface area contributed by atoms with Crippen LogP contribution in [0.5, 0.6) is 0 Å². The minimum Gasteiger partial charge on any atom is -0.368 e. The van der Waals surface area contributed by atoms with E-state index >= 15 is 0 Å². The molecule has 0 bridgehead atoms. The molecule has 1 aromatic rings. The van der Waals surface area contributed by atoms with Crippen molar-refractivity contribution in [3.05, 3.63) is 23.9 Å². The second kappa shape index (κ2) is 7.61. The molecule has 0 aliphatic carbocycles. The van der Waals surface area contributed by atoms with Crippen LogP contribution < -0.4 is 16.0 Å². The fourth-order valence-electron chi connectivity index (χ4n) is 1.53. The summed E-state index contributed by atoms with van der Waals surface area (Å²) in [6.45, 7) is 9.18. The normalized spacial score (nSPS) is 10.9. The Morgan fingerprint density at radius 3 is 2.38 bits per heavy atom. The van der Waals surface area contributed by atoms with Crippen LogP contribution in [0.3, 0.4) is 0 Å². The van der Waals surface area contributed by atoms with Gasteiger partial charge < -0.3 is 16.0 Å². The molecule has 0 fully saturated rings. The predicted octanol–water partition coefficient (Wildman–Crippen LogP) is 1.41. The molecule has 3 N–H and O–H groups in total. The van der Waals surface area contributed by atoms with Crippen LogP contribution in [0.2, 0.25) is 0 Å².